The average molecular weight is 224 g/mol. The van der Waals surface area contributed by atoms with E-state index in [2.05, 4.69) is 11.9 Å². The third-order valence-electron chi connectivity index (χ3n) is 4.47. The Morgan fingerprint density at radius 3 is 2.31 bits per heavy atom. The van der Waals surface area contributed by atoms with Gasteiger partial charge in [-0.25, -0.2) is 0 Å². The largest absolute Gasteiger partial charge is 0.329 e. The van der Waals surface area contributed by atoms with Gasteiger partial charge in [-0.05, 0) is 38.1 Å². The normalized spacial score (nSPS) is 24.9. The van der Waals surface area contributed by atoms with Crippen molar-refractivity contribution in [1.29, 1.82) is 0 Å². The molecule has 2 nitrogen and oxygen atoms in total. The second-order valence-electron chi connectivity index (χ2n) is 6.01. The molecule has 0 saturated heterocycles. The second kappa shape index (κ2) is 6.02. The first-order chi connectivity index (χ1) is 7.79. The molecule has 0 spiro atoms. The van der Waals surface area contributed by atoms with E-state index >= 15 is 0 Å². The van der Waals surface area contributed by atoms with Gasteiger partial charge in [0.2, 0.25) is 0 Å². The molecule has 0 aliphatic heterocycles. The lowest BCUT2D eigenvalue weighted by atomic mass is 9.84. The van der Waals surface area contributed by atoms with E-state index in [9.17, 15) is 0 Å². The van der Waals surface area contributed by atoms with Gasteiger partial charge in [0, 0.05) is 19.1 Å². The number of nitrogens with zero attached hydrogens (tertiary/aromatic N) is 1. The molecule has 0 bridgehead atoms. The van der Waals surface area contributed by atoms with Crippen LogP contribution in [0.2, 0.25) is 0 Å². The highest BCUT2D eigenvalue weighted by Gasteiger charge is 2.27. The number of hydrogen-bond acceptors (Lipinski definition) is 2. The molecule has 0 heterocycles. The molecular weight excluding hydrogens is 196 g/mol. The van der Waals surface area contributed by atoms with E-state index in [1.54, 1.807) is 0 Å². The molecule has 94 valence electrons. The van der Waals surface area contributed by atoms with E-state index in [0.29, 0.717) is 6.04 Å². The van der Waals surface area contributed by atoms with Crippen LogP contribution in [0.3, 0.4) is 0 Å². The second-order valence-corrected chi connectivity index (χ2v) is 6.01. The first kappa shape index (κ1) is 12.4. The minimum Gasteiger partial charge on any atom is -0.329 e. The molecule has 2 aliphatic carbocycles. The predicted molar refractivity (Wildman–Crippen MR) is 69.4 cm³/mol. The minimum atomic E-state index is 0.642. The number of hydrogen-bond donors (Lipinski definition) is 1. The number of nitrogens with two attached hydrogens (primary N) is 1. The van der Waals surface area contributed by atoms with Gasteiger partial charge in [-0.1, -0.05) is 32.1 Å². The summed E-state index contributed by atoms with van der Waals surface area (Å²) in [4.78, 5) is 2.53. The molecule has 0 aromatic rings. The van der Waals surface area contributed by atoms with Gasteiger partial charge in [0.15, 0.2) is 0 Å². The smallest absolute Gasteiger partial charge is 0.0218 e. The fraction of sp³-hybridized carbons (Fsp3) is 1.00. The molecular formula is C14H28N2. The monoisotopic (exact) mass is 224 g/mol. The zero-order chi connectivity index (χ0) is 11.4. The number of likely N-dealkylation sites (N-methyl/N-ethyl adjacent to an activating group) is 1. The maximum Gasteiger partial charge on any atom is 0.0218 e. The van der Waals surface area contributed by atoms with Crippen molar-refractivity contribution in [3.8, 4) is 0 Å². The number of rotatable bonds is 6. The highest BCUT2D eigenvalue weighted by molar-refractivity contribution is 4.81. The Kier molecular flexibility index (Phi) is 4.66. The Bertz CT molecular complexity index is 195. The van der Waals surface area contributed by atoms with Crippen LogP contribution in [0.4, 0.5) is 0 Å². The van der Waals surface area contributed by atoms with Crippen LogP contribution in [-0.4, -0.2) is 31.1 Å². The molecule has 2 fully saturated rings. The lowest BCUT2D eigenvalue weighted by Gasteiger charge is -2.32. The van der Waals surface area contributed by atoms with Gasteiger partial charge in [0.05, 0.1) is 0 Å². The Labute approximate surface area is 101 Å². The van der Waals surface area contributed by atoms with E-state index in [1.165, 1.54) is 57.9 Å². The summed E-state index contributed by atoms with van der Waals surface area (Å²) in [7, 11) is 2.28. The summed E-state index contributed by atoms with van der Waals surface area (Å²) >= 11 is 0. The lowest BCUT2D eigenvalue weighted by molar-refractivity contribution is 0.185. The van der Waals surface area contributed by atoms with Gasteiger partial charge in [-0.3, -0.25) is 0 Å². The molecule has 1 atom stereocenters. The summed E-state index contributed by atoms with van der Waals surface area (Å²) in [6.45, 7) is 2.13. The van der Waals surface area contributed by atoms with Crippen LogP contribution in [-0.2, 0) is 0 Å². The van der Waals surface area contributed by atoms with Crippen molar-refractivity contribution in [2.24, 2.45) is 17.6 Å². The zero-order valence-electron chi connectivity index (χ0n) is 10.8. The van der Waals surface area contributed by atoms with Crippen LogP contribution in [0, 0.1) is 11.8 Å². The fourth-order valence-electron chi connectivity index (χ4n) is 3.12. The predicted octanol–water partition coefficient (Wildman–Crippen LogP) is 2.63. The standard InChI is InChI=1S/C14H28N2/c1-16(11-13-7-8-13)14(10-15)9-12-5-3-2-4-6-12/h12-14H,2-11,15H2,1H3. The molecule has 0 aromatic heterocycles. The van der Waals surface area contributed by atoms with Crippen molar-refractivity contribution in [2.45, 2.75) is 57.4 Å². The topological polar surface area (TPSA) is 29.3 Å². The van der Waals surface area contributed by atoms with Crippen LogP contribution in [0.1, 0.15) is 51.4 Å². The summed E-state index contributed by atoms with van der Waals surface area (Å²) in [6.07, 6.45) is 11.5. The summed E-state index contributed by atoms with van der Waals surface area (Å²) in [5, 5.41) is 0. The molecule has 16 heavy (non-hydrogen) atoms. The molecule has 2 N–H and O–H groups in total. The van der Waals surface area contributed by atoms with Crippen LogP contribution in [0.25, 0.3) is 0 Å². The molecule has 0 radical (unpaired) electrons. The maximum atomic E-state index is 5.95. The van der Waals surface area contributed by atoms with Gasteiger partial charge in [0.1, 0.15) is 0 Å². The maximum absolute atomic E-state index is 5.95. The fourth-order valence-corrected chi connectivity index (χ4v) is 3.12. The Morgan fingerprint density at radius 1 is 1.06 bits per heavy atom. The van der Waals surface area contributed by atoms with Gasteiger partial charge >= 0.3 is 0 Å². The van der Waals surface area contributed by atoms with Crippen molar-refractivity contribution < 1.29 is 0 Å². The zero-order valence-corrected chi connectivity index (χ0v) is 10.8. The van der Waals surface area contributed by atoms with Crippen LogP contribution >= 0.6 is 0 Å². The SMILES string of the molecule is CN(CC1CC1)C(CN)CC1CCCCC1. The Hall–Kier alpha value is -0.0800. The first-order valence-corrected chi connectivity index (χ1v) is 7.20. The first-order valence-electron chi connectivity index (χ1n) is 7.20. The third-order valence-corrected chi connectivity index (χ3v) is 4.47. The van der Waals surface area contributed by atoms with Crippen molar-refractivity contribution in [3.05, 3.63) is 0 Å². The Balaban J connectivity index is 1.73. The molecule has 0 aromatic carbocycles. The summed E-state index contributed by atoms with van der Waals surface area (Å²) < 4.78 is 0. The Morgan fingerprint density at radius 2 is 1.75 bits per heavy atom. The van der Waals surface area contributed by atoms with E-state index in [-0.39, 0.29) is 0 Å². The van der Waals surface area contributed by atoms with Crippen LogP contribution < -0.4 is 5.73 Å². The van der Waals surface area contributed by atoms with E-state index < -0.39 is 0 Å². The summed E-state index contributed by atoms with van der Waals surface area (Å²) in [6, 6.07) is 0.642. The van der Waals surface area contributed by atoms with E-state index in [1.807, 2.05) is 0 Å². The summed E-state index contributed by atoms with van der Waals surface area (Å²) in [5.41, 5.74) is 5.95. The van der Waals surface area contributed by atoms with Gasteiger partial charge in [0.25, 0.3) is 0 Å². The average Bonchev–Trinajstić information content (AvgIpc) is 3.11. The van der Waals surface area contributed by atoms with Crippen molar-refractivity contribution in [3.63, 3.8) is 0 Å². The highest BCUT2D eigenvalue weighted by atomic mass is 15.1. The molecule has 2 aliphatic rings. The van der Waals surface area contributed by atoms with Crippen LogP contribution in [0.15, 0.2) is 0 Å². The third kappa shape index (κ3) is 3.74. The highest BCUT2D eigenvalue weighted by Crippen LogP contribution is 2.32. The molecule has 2 saturated carbocycles. The molecule has 1 unspecified atom stereocenters. The molecule has 2 rings (SSSR count). The van der Waals surface area contributed by atoms with Crippen molar-refractivity contribution in [1.82, 2.24) is 4.90 Å². The van der Waals surface area contributed by atoms with E-state index in [4.69, 9.17) is 5.73 Å². The van der Waals surface area contributed by atoms with E-state index in [0.717, 1.165) is 18.4 Å². The lowest BCUT2D eigenvalue weighted by Crippen LogP contribution is -2.40. The van der Waals surface area contributed by atoms with Crippen molar-refractivity contribution in [2.75, 3.05) is 20.1 Å². The van der Waals surface area contributed by atoms with Gasteiger partial charge in [-0.2, -0.15) is 0 Å². The summed E-state index contributed by atoms with van der Waals surface area (Å²) in [5.74, 6) is 1.95. The van der Waals surface area contributed by atoms with Gasteiger partial charge in [-0.15, -0.1) is 0 Å². The quantitative estimate of drug-likeness (QED) is 0.751. The molecule has 2 heteroatoms. The molecule has 0 amide bonds. The van der Waals surface area contributed by atoms with Gasteiger partial charge < -0.3 is 10.6 Å². The van der Waals surface area contributed by atoms with Crippen LogP contribution in [0.5, 0.6) is 0 Å². The minimum absolute atomic E-state index is 0.642. The van der Waals surface area contributed by atoms with Crippen molar-refractivity contribution >= 4 is 0 Å².